The van der Waals surface area contributed by atoms with Gasteiger partial charge in [0, 0.05) is 6.54 Å². The van der Waals surface area contributed by atoms with E-state index in [1.807, 2.05) is 33.2 Å². The lowest BCUT2D eigenvalue weighted by molar-refractivity contribution is 0.261. The molecule has 0 spiro atoms. The number of ether oxygens (including phenoxy) is 1. The maximum atomic E-state index is 5.77. The molecule has 0 unspecified atom stereocenters. The second-order valence-electron chi connectivity index (χ2n) is 4.83. The fourth-order valence-corrected chi connectivity index (χ4v) is 2.79. The van der Waals surface area contributed by atoms with Crippen molar-refractivity contribution in [3.63, 3.8) is 0 Å². The third-order valence-electron chi connectivity index (χ3n) is 2.81. The Hall–Kier alpha value is -1.39. The van der Waals surface area contributed by atoms with E-state index in [9.17, 15) is 0 Å². The molecular weight excluding hydrogens is 256 g/mol. The van der Waals surface area contributed by atoms with Crippen LogP contribution in [-0.4, -0.2) is 37.1 Å². The van der Waals surface area contributed by atoms with Gasteiger partial charge in [-0.05, 0) is 45.6 Å². The van der Waals surface area contributed by atoms with Crippen LogP contribution in [0.3, 0.4) is 0 Å². The van der Waals surface area contributed by atoms with Crippen LogP contribution in [0.4, 0.5) is 0 Å². The zero-order valence-corrected chi connectivity index (χ0v) is 12.8. The minimum atomic E-state index is 0.706. The van der Waals surface area contributed by atoms with Gasteiger partial charge in [0.25, 0.3) is 0 Å². The van der Waals surface area contributed by atoms with Gasteiger partial charge in [0.2, 0.25) is 0 Å². The van der Waals surface area contributed by atoms with Crippen molar-refractivity contribution in [3.8, 4) is 16.2 Å². The van der Waals surface area contributed by atoms with Crippen molar-refractivity contribution in [1.82, 2.24) is 9.88 Å². The molecule has 0 amide bonds. The first-order chi connectivity index (χ1) is 9.06. The van der Waals surface area contributed by atoms with Gasteiger partial charge in [0.05, 0.1) is 15.6 Å². The van der Waals surface area contributed by atoms with Crippen LogP contribution in [0, 0.1) is 13.8 Å². The molecule has 0 radical (unpaired) electrons. The van der Waals surface area contributed by atoms with Crippen molar-refractivity contribution in [2.45, 2.75) is 13.8 Å². The molecule has 102 valence electrons. The summed E-state index contributed by atoms with van der Waals surface area (Å²) in [5.41, 5.74) is 2.28. The number of rotatable bonds is 5. The first-order valence-electron chi connectivity index (χ1n) is 6.38. The molecule has 2 rings (SSSR count). The van der Waals surface area contributed by atoms with Gasteiger partial charge in [0.15, 0.2) is 0 Å². The van der Waals surface area contributed by atoms with Crippen LogP contribution in [-0.2, 0) is 0 Å². The molecule has 2 aromatic rings. The predicted octanol–water partition coefficient (Wildman–Crippen LogP) is 3.37. The van der Waals surface area contributed by atoms with Gasteiger partial charge in [0.1, 0.15) is 12.4 Å². The Balaban J connectivity index is 2.13. The Bertz CT molecular complexity index is 549. The minimum absolute atomic E-state index is 0.706. The van der Waals surface area contributed by atoms with Crippen LogP contribution < -0.4 is 4.74 Å². The Morgan fingerprint density at radius 2 is 2.05 bits per heavy atom. The Labute approximate surface area is 118 Å². The Morgan fingerprint density at radius 3 is 2.68 bits per heavy atom. The summed E-state index contributed by atoms with van der Waals surface area (Å²) in [5, 5.41) is 1.10. The van der Waals surface area contributed by atoms with Crippen molar-refractivity contribution in [3.05, 3.63) is 35.0 Å². The van der Waals surface area contributed by atoms with Gasteiger partial charge in [-0.15, -0.1) is 11.3 Å². The van der Waals surface area contributed by atoms with Crippen molar-refractivity contribution in [1.29, 1.82) is 0 Å². The van der Waals surface area contributed by atoms with E-state index in [1.165, 1.54) is 10.4 Å². The summed E-state index contributed by atoms with van der Waals surface area (Å²) in [6, 6.07) is 8.24. The molecule has 3 nitrogen and oxygen atoms in total. The van der Waals surface area contributed by atoms with Crippen molar-refractivity contribution < 1.29 is 4.74 Å². The van der Waals surface area contributed by atoms with Crippen LogP contribution in [0.2, 0.25) is 0 Å². The summed E-state index contributed by atoms with van der Waals surface area (Å²) in [7, 11) is 4.09. The zero-order valence-electron chi connectivity index (χ0n) is 11.9. The maximum absolute atomic E-state index is 5.77. The van der Waals surface area contributed by atoms with E-state index in [0.717, 1.165) is 23.0 Å². The lowest BCUT2D eigenvalue weighted by Gasteiger charge is -2.11. The van der Waals surface area contributed by atoms with E-state index in [2.05, 4.69) is 28.9 Å². The Morgan fingerprint density at radius 1 is 1.26 bits per heavy atom. The van der Waals surface area contributed by atoms with Crippen molar-refractivity contribution >= 4 is 11.3 Å². The quantitative estimate of drug-likeness (QED) is 0.837. The molecule has 0 aliphatic heterocycles. The molecule has 0 saturated carbocycles. The van der Waals surface area contributed by atoms with E-state index < -0.39 is 0 Å². The summed E-state index contributed by atoms with van der Waals surface area (Å²) in [5.74, 6) is 0.921. The molecular formula is C15H20N2OS. The highest BCUT2D eigenvalue weighted by atomic mass is 32.1. The topological polar surface area (TPSA) is 25.4 Å². The predicted molar refractivity (Wildman–Crippen MR) is 81.1 cm³/mol. The molecule has 1 aromatic carbocycles. The number of aromatic nitrogens is 1. The third-order valence-corrected chi connectivity index (χ3v) is 3.93. The van der Waals surface area contributed by atoms with Gasteiger partial charge < -0.3 is 9.64 Å². The summed E-state index contributed by atoms with van der Waals surface area (Å²) >= 11 is 1.73. The van der Waals surface area contributed by atoms with Gasteiger partial charge in [-0.3, -0.25) is 0 Å². The lowest BCUT2D eigenvalue weighted by atomic mass is 10.1. The molecule has 1 aromatic heterocycles. The van der Waals surface area contributed by atoms with Crippen LogP contribution in [0.15, 0.2) is 24.3 Å². The fourth-order valence-electron chi connectivity index (χ4n) is 1.87. The monoisotopic (exact) mass is 276 g/mol. The lowest BCUT2D eigenvalue weighted by Crippen LogP contribution is -2.19. The van der Waals surface area contributed by atoms with E-state index in [-0.39, 0.29) is 0 Å². The average molecular weight is 276 g/mol. The summed E-state index contributed by atoms with van der Waals surface area (Å²) in [4.78, 5) is 7.82. The Kier molecular flexibility index (Phi) is 4.56. The van der Waals surface area contributed by atoms with E-state index in [1.54, 1.807) is 11.3 Å². The van der Waals surface area contributed by atoms with E-state index >= 15 is 0 Å². The smallest absolute Gasteiger partial charge is 0.120 e. The highest BCUT2D eigenvalue weighted by Crippen LogP contribution is 2.31. The number of hydrogen-bond acceptors (Lipinski definition) is 4. The third kappa shape index (κ3) is 3.78. The number of nitrogens with zero attached hydrogens (tertiary/aromatic N) is 2. The molecule has 0 aliphatic carbocycles. The highest BCUT2D eigenvalue weighted by molar-refractivity contribution is 7.15. The van der Waals surface area contributed by atoms with Crippen molar-refractivity contribution in [2.24, 2.45) is 0 Å². The number of aryl methyl sites for hydroxylation is 2. The molecule has 0 fully saturated rings. The largest absolute Gasteiger partial charge is 0.492 e. The normalized spacial score (nSPS) is 11.0. The molecule has 0 saturated heterocycles. The summed E-state index contributed by atoms with van der Waals surface area (Å²) in [6.07, 6.45) is 0. The SMILES string of the molecule is Cc1nc(C)c(-c2cccc(OCCN(C)C)c2)s1. The summed E-state index contributed by atoms with van der Waals surface area (Å²) < 4.78 is 5.77. The molecule has 0 bridgehead atoms. The average Bonchev–Trinajstić information content (AvgIpc) is 2.68. The fraction of sp³-hybridized carbons (Fsp3) is 0.400. The highest BCUT2D eigenvalue weighted by Gasteiger charge is 2.08. The molecule has 1 heterocycles. The minimum Gasteiger partial charge on any atom is -0.492 e. The van der Waals surface area contributed by atoms with Gasteiger partial charge >= 0.3 is 0 Å². The number of benzene rings is 1. The molecule has 4 heteroatoms. The van der Waals surface area contributed by atoms with Gasteiger partial charge in [-0.2, -0.15) is 0 Å². The first kappa shape index (κ1) is 14.0. The molecule has 0 N–H and O–H groups in total. The van der Waals surface area contributed by atoms with E-state index in [0.29, 0.717) is 6.61 Å². The maximum Gasteiger partial charge on any atom is 0.120 e. The number of hydrogen-bond donors (Lipinski definition) is 0. The van der Waals surface area contributed by atoms with Crippen LogP contribution >= 0.6 is 11.3 Å². The zero-order chi connectivity index (χ0) is 13.8. The second kappa shape index (κ2) is 6.17. The van der Waals surface area contributed by atoms with E-state index in [4.69, 9.17) is 4.74 Å². The van der Waals surface area contributed by atoms with Gasteiger partial charge in [-0.25, -0.2) is 4.98 Å². The number of thiazole rings is 1. The van der Waals surface area contributed by atoms with Crippen LogP contribution in [0.1, 0.15) is 10.7 Å². The molecule has 0 aliphatic rings. The molecule has 19 heavy (non-hydrogen) atoms. The first-order valence-corrected chi connectivity index (χ1v) is 7.20. The summed E-state index contributed by atoms with van der Waals surface area (Å²) in [6.45, 7) is 5.72. The second-order valence-corrected chi connectivity index (χ2v) is 6.03. The van der Waals surface area contributed by atoms with Crippen LogP contribution in [0.25, 0.3) is 10.4 Å². The van der Waals surface area contributed by atoms with Gasteiger partial charge in [-0.1, -0.05) is 12.1 Å². The van der Waals surface area contributed by atoms with Crippen LogP contribution in [0.5, 0.6) is 5.75 Å². The molecule has 0 atom stereocenters. The standard InChI is InChI=1S/C15H20N2OS/c1-11-15(19-12(2)16-11)13-6-5-7-14(10-13)18-9-8-17(3)4/h5-7,10H,8-9H2,1-4H3. The number of likely N-dealkylation sites (N-methyl/N-ethyl adjacent to an activating group) is 1. The van der Waals surface area contributed by atoms with Crippen molar-refractivity contribution in [2.75, 3.05) is 27.2 Å².